The Morgan fingerprint density at radius 1 is 0.882 bits per heavy atom. The van der Waals surface area contributed by atoms with E-state index in [1.165, 1.54) is 15.5 Å². The number of rotatable bonds is 0. The van der Waals surface area contributed by atoms with Gasteiger partial charge in [0.25, 0.3) is 0 Å². The van der Waals surface area contributed by atoms with Gasteiger partial charge in [0.05, 0.1) is 26.8 Å². The average Bonchev–Trinajstić information content (AvgIpc) is 2.85. The van der Waals surface area contributed by atoms with E-state index in [1.54, 1.807) is 11.3 Å². The van der Waals surface area contributed by atoms with Crippen molar-refractivity contribution < 1.29 is 0 Å². The smallest absolute Gasteiger partial charge is 0.0819 e. The van der Waals surface area contributed by atoms with Crippen LogP contribution >= 0.6 is 11.3 Å². The second-order valence-electron chi connectivity index (χ2n) is 4.01. The summed E-state index contributed by atoms with van der Waals surface area (Å²) >= 11 is 1.67. The van der Waals surface area contributed by atoms with Crippen molar-refractivity contribution in [1.82, 2.24) is 9.97 Å². The number of thiazole rings is 1. The Morgan fingerprint density at radius 2 is 1.76 bits per heavy atom. The fourth-order valence-corrected chi connectivity index (χ4v) is 2.98. The van der Waals surface area contributed by atoms with Gasteiger partial charge in [0.15, 0.2) is 0 Å². The summed E-state index contributed by atoms with van der Waals surface area (Å²) in [5.74, 6) is 0. The first-order valence-corrected chi connectivity index (χ1v) is 6.31. The van der Waals surface area contributed by atoms with Gasteiger partial charge in [-0.2, -0.15) is 0 Å². The molecule has 0 saturated carbocycles. The lowest BCUT2D eigenvalue weighted by molar-refractivity contribution is 1.48. The van der Waals surface area contributed by atoms with E-state index in [0.29, 0.717) is 0 Å². The summed E-state index contributed by atoms with van der Waals surface area (Å²) in [6.45, 7) is 0. The van der Waals surface area contributed by atoms with E-state index in [-0.39, 0.29) is 0 Å². The van der Waals surface area contributed by atoms with Crippen molar-refractivity contribution in [1.29, 1.82) is 0 Å². The molecule has 0 bridgehead atoms. The van der Waals surface area contributed by atoms with Crippen LogP contribution in [0, 0.1) is 0 Å². The lowest BCUT2D eigenvalue weighted by Gasteiger charge is -2.01. The molecule has 0 aliphatic heterocycles. The molecule has 2 aromatic carbocycles. The van der Waals surface area contributed by atoms with Gasteiger partial charge in [-0.1, -0.05) is 18.2 Å². The van der Waals surface area contributed by atoms with Crippen LogP contribution in [-0.4, -0.2) is 9.97 Å². The standard InChI is InChI=1S/C14H8N2S/c1-2-4-11-9(3-1)7-10-12(16-11)5-6-13-14(10)17-8-15-13/h1-8H. The highest BCUT2D eigenvalue weighted by molar-refractivity contribution is 7.17. The average molecular weight is 236 g/mol. The second-order valence-corrected chi connectivity index (χ2v) is 4.87. The Bertz CT molecular complexity index is 848. The third-order valence-corrected chi connectivity index (χ3v) is 3.87. The van der Waals surface area contributed by atoms with Crippen LogP contribution in [0.1, 0.15) is 0 Å². The van der Waals surface area contributed by atoms with Gasteiger partial charge in [0, 0.05) is 10.8 Å². The topological polar surface area (TPSA) is 25.8 Å². The largest absolute Gasteiger partial charge is 0.248 e. The van der Waals surface area contributed by atoms with Crippen LogP contribution in [0.15, 0.2) is 48.0 Å². The zero-order valence-electron chi connectivity index (χ0n) is 8.92. The Balaban J connectivity index is 2.29. The van der Waals surface area contributed by atoms with Gasteiger partial charge in [-0.25, -0.2) is 9.97 Å². The Morgan fingerprint density at radius 3 is 2.76 bits per heavy atom. The summed E-state index contributed by atoms with van der Waals surface area (Å²) in [4.78, 5) is 9.03. The minimum absolute atomic E-state index is 1.04. The molecule has 0 radical (unpaired) electrons. The molecular weight excluding hydrogens is 228 g/mol. The van der Waals surface area contributed by atoms with Crippen LogP contribution in [0.2, 0.25) is 0 Å². The van der Waals surface area contributed by atoms with E-state index < -0.39 is 0 Å². The van der Waals surface area contributed by atoms with E-state index in [2.05, 4.69) is 22.1 Å². The van der Waals surface area contributed by atoms with Gasteiger partial charge >= 0.3 is 0 Å². The first-order valence-electron chi connectivity index (χ1n) is 5.43. The molecule has 0 atom stereocenters. The molecule has 4 aromatic rings. The molecule has 17 heavy (non-hydrogen) atoms. The highest BCUT2D eigenvalue weighted by atomic mass is 32.1. The maximum Gasteiger partial charge on any atom is 0.0819 e. The van der Waals surface area contributed by atoms with Crippen LogP contribution in [0.5, 0.6) is 0 Å². The van der Waals surface area contributed by atoms with Gasteiger partial charge in [-0.3, -0.25) is 0 Å². The van der Waals surface area contributed by atoms with Gasteiger partial charge in [-0.05, 0) is 24.3 Å². The molecular formula is C14H8N2S. The van der Waals surface area contributed by atoms with E-state index >= 15 is 0 Å². The van der Waals surface area contributed by atoms with E-state index in [1.807, 2.05) is 35.8 Å². The summed E-state index contributed by atoms with van der Waals surface area (Å²) < 4.78 is 1.22. The van der Waals surface area contributed by atoms with Crippen molar-refractivity contribution in [3.63, 3.8) is 0 Å². The quantitative estimate of drug-likeness (QED) is 0.431. The minimum atomic E-state index is 1.04. The number of benzene rings is 2. The molecule has 0 fully saturated rings. The van der Waals surface area contributed by atoms with Crippen molar-refractivity contribution in [3.8, 4) is 0 Å². The number of hydrogen-bond donors (Lipinski definition) is 0. The Hall–Kier alpha value is -2.00. The third kappa shape index (κ3) is 1.26. The fourth-order valence-electron chi connectivity index (χ4n) is 2.17. The molecule has 2 nitrogen and oxygen atoms in total. The number of pyridine rings is 1. The van der Waals surface area contributed by atoms with Gasteiger partial charge < -0.3 is 0 Å². The van der Waals surface area contributed by atoms with Crippen LogP contribution in [0.25, 0.3) is 32.0 Å². The van der Waals surface area contributed by atoms with Crippen LogP contribution < -0.4 is 0 Å². The SMILES string of the molecule is c1ccc2nc3ccc4ncsc4c3cc2c1. The molecule has 0 aliphatic rings. The predicted octanol–water partition coefficient (Wildman–Crippen LogP) is 4.00. The Kier molecular flexibility index (Phi) is 1.73. The normalized spacial score (nSPS) is 11.5. The number of nitrogens with zero attached hydrogens (tertiary/aromatic N) is 2. The number of para-hydroxylation sites is 1. The highest BCUT2D eigenvalue weighted by Gasteiger charge is 2.05. The molecule has 0 spiro atoms. The minimum Gasteiger partial charge on any atom is -0.248 e. The predicted molar refractivity (Wildman–Crippen MR) is 72.4 cm³/mol. The molecule has 80 valence electrons. The molecule has 4 rings (SSSR count). The van der Waals surface area contributed by atoms with E-state index in [0.717, 1.165) is 16.6 Å². The van der Waals surface area contributed by atoms with Crippen molar-refractivity contribution in [2.45, 2.75) is 0 Å². The molecule has 0 N–H and O–H groups in total. The highest BCUT2D eigenvalue weighted by Crippen LogP contribution is 2.29. The summed E-state index contributed by atoms with van der Waals surface area (Å²) in [6.07, 6.45) is 0. The van der Waals surface area contributed by atoms with Crippen molar-refractivity contribution in [3.05, 3.63) is 48.0 Å². The molecule has 3 heteroatoms. The summed E-state index contributed by atoms with van der Waals surface area (Å²) in [7, 11) is 0. The van der Waals surface area contributed by atoms with Gasteiger partial charge in [0.1, 0.15) is 0 Å². The summed E-state index contributed by atoms with van der Waals surface area (Å²) in [5.41, 5.74) is 5.03. The molecule has 2 aromatic heterocycles. The van der Waals surface area contributed by atoms with Gasteiger partial charge in [0.2, 0.25) is 0 Å². The number of hydrogen-bond acceptors (Lipinski definition) is 3. The lowest BCUT2D eigenvalue weighted by atomic mass is 10.1. The van der Waals surface area contributed by atoms with E-state index in [9.17, 15) is 0 Å². The fraction of sp³-hybridized carbons (Fsp3) is 0. The van der Waals surface area contributed by atoms with Crippen LogP contribution in [-0.2, 0) is 0 Å². The maximum atomic E-state index is 4.69. The monoisotopic (exact) mass is 236 g/mol. The zero-order valence-corrected chi connectivity index (χ0v) is 9.74. The summed E-state index contributed by atoms with van der Waals surface area (Å²) in [6, 6.07) is 14.5. The molecule has 0 amide bonds. The van der Waals surface area contributed by atoms with Crippen LogP contribution in [0.4, 0.5) is 0 Å². The Labute approximate surface area is 102 Å². The van der Waals surface area contributed by atoms with E-state index in [4.69, 9.17) is 0 Å². The van der Waals surface area contributed by atoms with Crippen molar-refractivity contribution >= 4 is 43.4 Å². The number of aromatic nitrogens is 2. The van der Waals surface area contributed by atoms with Crippen molar-refractivity contribution in [2.75, 3.05) is 0 Å². The molecule has 0 unspecified atom stereocenters. The first kappa shape index (κ1) is 9.07. The molecule has 2 heterocycles. The van der Waals surface area contributed by atoms with Gasteiger partial charge in [-0.15, -0.1) is 11.3 Å². The zero-order chi connectivity index (χ0) is 11.2. The third-order valence-electron chi connectivity index (χ3n) is 2.99. The van der Waals surface area contributed by atoms with Crippen molar-refractivity contribution in [2.24, 2.45) is 0 Å². The summed E-state index contributed by atoms with van der Waals surface area (Å²) in [5, 5.41) is 2.38. The van der Waals surface area contributed by atoms with Crippen LogP contribution in [0.3, 0.4) is 0 Å². The lowest BCUT2D eigenvalue weighted by Crippen LogP contribution is -1.82. The first-order chi connectivity index (χ1) is 8.42. The number of fused-ring (bicyclic) bond motifs is 4. The molecule has 0 aliphatic carbocycles. The second kappa shape index (κ2) is 3.25. The molecule has 0 saturated heterocycles. The maximum absolute atomic E-state index is 4.69.